The molecule has 2 fully saturated rings. The molecule has 2 saturated heterocycles. The van der Waals surface area contributed by atoms with E-state index in [2.05, 4.69) is 32.8 Å². The van der Waals surface area contributed by atoms with Crippen molar-refractivity contribution in [2.45, 2.75) is 32.9 Å². The predicted molar refractivity (Wildman–Crippen MR) is 125 cm³/mol. The molecule has 0 atom stereocenters. The first kappa shape index (κ1) is 22.6. The summed E-state index contributed by atoms with van der Waals surface area (Å²) in [6.45, 7) is 13.9. The number of anilines is 1. The Labute approximate surface area is 190 Å². The normalized spacial score (nSPS) is 18.1. The molecular formula is C24H35N5O3. The van der Waals surface area contributed by atoms with Crippen LogP contribution >= 0.6 is 0 Å². The molecule has 0 saturated carbocycles. The lowest BCUT2D eigenvalue weighted by Crippen LogP contribution is -2.50. The number of carbonyl (C=O) groups is 1. The molecule has 32 heavy (non-hydrogen) atoms. The van der Waals surface area contributed by atoms with Crippen LogP contribution in [0, 0.1) is 0 Å². The summed E-state index contributed by atoms with van der Waals surface area (Å²) in [4.78, 5) is 19.0. The molecule has 0 spiro atoms. The van der Waals surface area contributed by atoms with Gasteiger partial charge in [0.1, 0.15) is 11.3 Å². The van der Waals surface area contributed by atoms with Crippen LogP contribution in [0.2, 0.25) is 0 Å². The van der Waals surface area contributed by atoms with E-state index >= 15 is 0 Å². The largest absolute Gasteiger partial charge is 0.444 e. The summed E-state index contributed by atoms with van der Waals surface area (Å²) < 4.78 is 13.1. The van der Waals surface area contributed by atoms with Crippen LogP contribution in [0.4, 0.5) is 10.5 Å². The molecule has 2 aliphatic rings. The van der Waals surface area contributed by atoms with Gasteiger partial charge in [-0.1, -0.05) is 30.3 Å². The van der Waals surface area contributed by atoms with Crippen molar-refractivity contribution in [3.05, 3.63) is 36.5 Å². The van der Waals surface area contributed by atoms with E-state index in [9.17, 15) is 4.79 Å². The molecule has 0 unspecified atom stereocenters. The van der Waals surface area contributed by atoms with Gasteiger partial charge in [-0.3, -0.25) is 9.58 Å². The Bertz CT molecular complexity index is 879. The minimum Gasteiger partial charge on any atom is -0.444 e. The fourth-order valence-corrected chi connectivity index (χ4v) is 4.08. The fourth-order valence-electron chi connectivity index (χ4n) is 4.08. The second-order valence-electron chi connectivity index (χ2n) is 9.40. The van der Waals surface area contributed by atoms with E-state index in [0.717, 1.165) is 69.4 Å². The maximum absolute atomic E-state index is 12.4. The lowest BCUT2D eigenvalue weighted by molar-refractivity contribution is 0.0240. The van der Waals surface area contributed by atoms with Gasteiger partial charge in [-0.05, 0) is 20.8 Å². The van der Waals surface area contributed by atoms with Gasteiger partial charge in [0.2, 0.25) is 0 Å². The predicted octanol–water partition coefficient (Wildman–Crippen LogP) is 2.94. The molecular weight excluding hydrogens is 406 g/mol. The molecule has 0 aliphatic carbocycles. The van der Waals surface area contributed by atoms with Crippen molar-refractivity contribution in [1.29, 1.82) is 0 Å². The second kappa shape index (κ2) is 9.92. The Kier molecular flexibility index (Phi) is 7.01. The molecule has 0 bridgehead atoms. The van der Waals surface area contributed by atoms with Crippen LogP contribution in [0.1, 0.15) is 20.8 Å². The number of amides is 1. The molecule has 8 nitrogen and oxygen atoms in total. The number of ether oxygens (including phenoxy) is 2. The van der Waals surface area contributed by atoms with Crippen LogP contribution in [0.15, 0.2) is 36.5 Å². The third-order valence-electron chi connectivity index (χ3n) is 5.81. The van der Waals surface area contributed by atoms with E-state index < -0.39 is 5.60 Å². The molecule has 2 aromatic rings. The molecule has 1 aromatic heterocycles. The zero-order valence-electron chi connectivity index (χ0n) is 19.5. The van der Waals surface area contributed by atoms with Crippen molar-refractivity contribution in [1.82, 2.24) is 19.6 Å². The van der Waals surface area contributed by atoms with Crippen LogP contribution in [0.5, 0.6) is 0 Å². The highest BCUT2D eigenvalue weighted by atomic mass is 16.6. The first-order valence-electron chi connectivity index (χ1n) is 11.5. The number of nitrogens with zero attached hydrogens (tertiary/aromatic N) is 5. The topological polar surface area (TPSA) is 63.1 Å². The van der Waals surface area contributed by atoms with E-state index in [4.69, 9.17) is 14.6 Å². The molecule has 1 amide bonds. The van der Waals surface area contributed by atoms with Gasteiger partial charge < -0.3 is 19.3 Å². The van der Waals surface area contributed by atoms with Crippen molar-refractivity contribution in [2.75, 3.05) is 63.9 Å². The third kappa shape index (κ3) is 5.81. The summed E-state index contributed by atoms with van der Waals surface area (Å²) in [5.74, 6) is 0. The Morgan fingerprint density at radius 1 is 1.00 bits per heavy atom. The van der Waals surface area contributed by atoms with Crippen LogP contribution in [0.3, 0.4) is 0 Å². The van der Waals surface area contributed by atoms with Gasteiger partial charge >= 0.3 is 6.09 Å². The van der Waals surface area contributed by atoms with Gasteiger partial charge in [-0.25, -0.2) is 4.79 Å². The molecule has 1 aromatic carbocycles. The maximum Gasteiger partial charge on any atom is 0.410 e. The molecule has 0 radical (unpaired) electrons. The lowest BCUT2D eigenvalue weighted by Gasteiger charge is -2.36. The van der Waals surface area contributed by atoms with Crippen molar-refractivity contribution in [2.24, 2.45) is 0 Å². The van der Waals surface area contributed by atoms with Crippen LogP contribution in [-0.2, 0) is 16.0 Å². The Balaban J connectivity index is 1.46. The SMILES string of the molecule is CC(C)(C)OC(=O)N1CCN(c2cn(CCN3CCOCC3)nc2-c2ccccc2)CC1. The molecule has 3 heterocycles. The first-order valence-corrected chi connectivity index (χ1v) is 11.5. The van der Waals surface area contributed by atoms with E-state index in [1.165, 1.54) is 0 Å². The Hall–Kier alpha value is -2.58. The summed E-state index contributed by atoms with van der Waals surface area (Å²) in [5.41, 5.74) is 2.76. The zero-order valence-corrected chi connectivity index (χ0v) is 19.5. The number of hydrogen-bond acceptors (Lipinski definition) is 6. The van der Waals surface area contributed by atoms with E-state index in [-0.39, 0.29) is 6.09 Å². The highest BCUT2D eigenvalue weighted by Crippen LogP contribution is 2.30. The maximum atomic E-state index is 12.4. The number of aromatic nitrogens is 2. The second-order valence-corrected chi connectivity index (χ2v) is 9.40. The molecule has 174 valence electrons. The monoisotopic (exact) mass is 441 g/mol. The number of hydrogen-bond donors (Lipinski definition) is 0. The minimum atomic E-state index is -0.476. The van der Waals surface area contributed by atoms with Crippen molar-refractivity contribution in [3.8, 4) is 11.3 Å². The summed E-state index contributed by atoms with van der Waals surface area (Å²) >= 11 is 0. The molecule has 0 N–H and O–H groups in total. The first-order chi connectivity index (χ1) is 15.4. The summed E-state index contributed by atoms with van der Waals surface area (Å²) in [6, 6.07) is 10.3. The van der Waals surface area contributed by atoms with Crippen molar-refractivity contribution < 1.29 is 14.3 Å². The molecule has 4 rings (SSSR count). The average molecular weight is 442 g/mol. The standard InChI is InChI=1S/C24H35N5O3/c1-24(2,3)32-23(30)28-12-10-27(11-13-28)21-19-29(14-9-26-15-17-31-18-16-26)25-22(21)20-7-5-4-6-8-20/h4-8,19H,9-18H2,1-3H3. The quantitative estimate of drug-likeness (QED) is 0.711. The molecule has 2 aliphatic heterocycles. The zero-order chi connectivity index (χ0) is 22.6. The fraction of sp³-hybridized carbons (Fsp3) is 0.583. The van der Waals surface area contributed by atoms with Gasteiger partial charge in [0.05, 0.1) is 25.4 Å². The number of morpholine rings is 1. The van der Waals surface area contributed by atoms with E-state index in [0.29, 0.717) is 13.1 Å². The smallest absolute Gasteiger partial charge is 0.410 e. The van der Waals surface area contributed by atoms with Gasteiger partial charge in [-0.15, -0.1) is 0 Å². The number of benzene rings is 1. The molecule has 8 heteroatoms. The summed E-state index contributed by atoms with van der Waals surface area (Å²) in [7, 11) is 0. The van der Waals surface area contributed by atoms with E-state index in [1.807, 2.05) is 39.0 Å². The van der Waals surface area contributed by atoms with Gasteiger partial charge in [-0.2, -0.15) is 5.10 Å². The summed E-state index contributed by atoms with van der Waals surface area (Å²) in [5, 5.41) is 4.95. The number of piperazine rings is 1. The van der Waals surface area contributed by atoms with Gasteiger partial charge in [0.25, 0.3) is 0 Å². The Morgan fingerprint density at radius 2 is 1.69 bits per heavy atom. The third-order valence-corrected chi connectivity index (χ3v) is 5.81. The highest BCUT2D eigenvalue weighted by molar-refractivity contribution is 5.75. The van der Waals surface area contributed by atoms with Gasteiger partial charge in [0.15, 0.2) is 0 Å². The van der Waals surface area contributed by atoms with Crippen molar-refractivity contribution in [3.63, 3.8) is 0 Å². The van der Waals surface area contributed by atoms with Crippen LogP contribution < -0.4 is 4.90 Å². The average Bonchev–Trinajstić information content (AvgIpc) is 3.22. The van der Waals surface area contributed by atoms with Crippen molar-refractivity contribution >= 4 is 11.8 Å². The van der Waals surface area contributed by atoms with Crippen LogP contribution in [0.25, 0.3) is 11.3 Å². The number of carbonyl (C=O) groups excluding carboxylic acids is 1. The van der Waals surface area contributed by atoms with E-state index in [1.54, 1.807) is 4.90 Å². The highest BCUT2D eigenvalue weighted by Gasteiger charge is 2.28. The Morgan fingerprint density at radius 3 is 2.34 bits per heavy atom. The van der Waals surface area contributed by atoms with Gasteiger partial charge in [0, 0.05) is 57.6 Å². The lowest BCUT2D eigenvalue weighted by atomic mass is 10.1. The summed E-state index contributed by atoms with van der Waals surface area (Å²) in [6.07, 6.45) is 1.92. The minimum absolute atomic E-state index is 0.235. The van der Waals surface area contributed by atoms with Crippen LogP contribution in [-0.4, -0.2) is 90.3 Å². The number of rotatable bonds is 5.